The summed E-state index contributed by atoms with van der Waals surface area (Å²) in [6.45, 7) is 1.96. The van der Waals surface area contributed by atoms with Gasteiger partial charge in [0.15, 0.2) is 0 Å². The van der Waals surface area contributed by atoms with Crippen molar-refractivity contribution in [2.75, 3.05) is 5.73 Å². The predicted molar refractivity (Wildman–Crippen MR) is 83.4 cm³/mol. The van der Waals surface area contributed by atoms with Crippen molar-refractivity contribution in [3.8, 4) is 5.69 Å². The molecule has 3 aromatic rings. The van der Waals surface area contributed by atoms with Gasteiger partial charge in [0.1, 0.15) is 11.0 Å². The quantitative estimate of drug-likeness (QED) is 0.651. The lowest BCUT2D eigenvalue weighted by Gasteiger charge is -2.01. The number of aryl methyl sites for hydroxylation is 1. The number of aromatic nitrogens is 3. The second kappa shape index (κ2) is 4.61. The third kappa shape index (κ3) is 2.15. The molecule has 96 valence electrons. The molecule has 2 N–H and O–H groups in total. The molecule has 0 atom stereocenters. The van der Waals surface area contributed by atoms with Crippen molar-refractivity contribution >= 4 is 48.6 Å². The van der Waals surface area contributed by atoms with Crippen molar-refractivity contribution in [2.45, 2.75) is 6.92 Å². The van der Waals surface area contributed by atoms with E-state index in [1.807, 2.05) is 37.3 Å². The van der Waals surface area contributed by atoms with Crippen LogP contribution in [0.2, 0.25) is 0 Å². The highest BCUT2D eigenvalue weighted by Crippen LogP contribution is 2.30. The number of fused-ring (bicyclic) bond motifs is 1. The lowest BCUT2D eigenvalue weighted by atomic mass is 10.2. The molecule has 0 aliphatic heterocycles. The fourth-order valence-corrected chi connectivity index (χ4v) is 2.70. The minimum absolute atomic E-state index is 0.704. The number of halogens is 2. The van der Waals surface area contributed by atoms with Crippen molar-refractivity contribution in [3.05, 3.63) is 44.8 Å². The normalized spacial score (nSPS) is 11.1. The van der Waals surface area contributed by atoms with Gasteiger partial charge in [-0.15, -0.1) is 10.2 Å². The summed E-state index contributed by atoms with van der Waals surface area (Å²) in [5.74, 6) is 0. The van der Waals surface area contributed by atoms with Crippen LogP contribution < -0.4 is 5.73 Å². The van der Waals surface area contributed by atoms with Crippen molar-refractivity contribution in [1.29, 1.82) is 0 Å². The van der Waals surface area contributed by atoms with Gasteiger partial charge in [-0.3, -0.25) is 0 Å². The van der Waals surface area contributed by atoms with Gasteiger partial charge in [-0.1, -0.05) is 15.9 Å². The van der Waals surface area contributed by atoms with Gasteiger partial charge in [-0.05, 0) is 58.7 Å². The zero-order valence-electron chi connectivity index (χ0n) is 10.1. The summed E-state index contributed by atoms with van der Waals surface area (Å²) in [6.07, 6.45) is 0. The lowest BCUT2D eigenvalue weighted by molar-refractivity contribution is 0.765. The third-order valence-corrected chi connectivity index (χ3v) is 4.25. The van der Waals surface area contributed by atoms with Crippen LogP contribution in [0.3, 0.4) is 0 Å². The fraction of sp³-hybridized carbons (Fsp3) is 0.0769. The van der Waals surface area contributed by atoms with Crippen LogP contribution in [0.15, 0.2) is 39.3 Å². The highest BCUT2D eigenvalue weighted by atomic mass is 79.9. The van der Waals surface area contributed by atoms with E-state index in [1.54, 1.807) is 4.80 Å². The molecule has 0 aliphatic rings. The van der Waals surface area contributed by atoms with E-state index in [0.29, 0.717) is 5.69 Å². The van der Waals surface area contributed by atoms with Gasteiger partial charge in [0.25, 0.3) is 0 Å². The number of anilines is 1. The molecule has 6 heteroatoms. The number of nitrogens with two attached hydrogens (primary N) is 1. The highest BCUT2D eigenvalue weighted by molar-refractivity contribution is 9.11. The minimum atomic E-state index is 0.704. The van der Waals surface area contributed by atoms with Crippen LogP contribution in [0.25, 0.3) is 16.7 Å². The van der Waals surface area contributed by atoms with E-state index in [2.05, 4.69) is 42.1 Å². The molecule has 19 heavy (non-hydrogen) atoms. The molecule has 3 rings (SSSR count). The van der Waals surface area contributed by atoms with Crippen LogP contribution in [-0.2, 0) is 0 Å². The maximum Gasteiger partial charge on any atom is 0.129 e. The van der Waals surface area contributed by atoms with Gasteiger partial charge < -0.3 is 5.73 Å². The Morgan fingerprint density at radius 3 is 2.47 bits per heavy atom. The molecule has 1 heterocycles. The number of nitrogen functional groups attached to an aromatic ring is 1. The second-order valence-corrected chi connectivity index (χ2v) is 5.96. The maximum atomic E-state index is 5.99. The molecule has 0 radical (unpaired) electrons. The molecule has 0 fully saturated rings. The van der Waals surface area contributed by atoms with E-state index in [9.17, 15) is 0 Å². The minimum Gasteiger partial charge on any atom is -0.398 e. The molecule has 2 aromatic carbocycles. The zero-order chi connectivity index (χ0) is 13.6. The molecular formula is C13H10Br2N4. The van der Waals surface area contributed by atoms with Crippen LogP contribution in [0.4, 0.5) is 5.69 Å². The Morgan fingerprint density at radius 2 is 1.79 bits per heavy atom. The summed E-state index contributed by atoms with van der Waals surface area (Å²) in [5, 5.41) is 8.96. The van der Waals surface area contributed by atoms with Crippen molar-refractivity contribution < 1.29 is 0 Å². The summed E-state index contributed by atoms with van der Waals surface area (Å²) in [5.41, 5.74) is 10.2. The summed E-state index contributed by atoms with van der Waals surface area (Å²) < 4.78 is 1.82. The smallest absolute Gasteiger partial charge is 0.129 e. The fourth-order valence-electron chi connectivity index (χ4n) is 1.84. The Bertz CT molecular complexity index is 762. The molecule has 0 amide bonds. The first-order valence-electron chi connectivity index (χ1n) is 5.64. The van der Waals surface area contributed by atoms with Crippen LogP contribution >= 0.6 is 31.9 Å². The first-order chi connectivity index (χ1) is 9.06. The molecule has 0 bridgehead atoms. The number of benzene rings is 2. The Kier molecular flexibility index (Phi) is 3.06. The Morgan fingerprint density at radius 1 is 1.11 bits per heavy atom. The van der Waals surface area contributed by atoms with E-state index in [1.165, 1.54) is 0 Å². The standard InChI is InChI=1S/C13H10Br2N4/c1-7-6-10-13(11(15)12(7)16)18-19(17-10)9-4-2-8(14)3-5-9/h2-6H,16H2,1H3. The largest absolute Gasteiger partial charge is 0.398 e. The molecule has 0 saturated heterocycles. The second-order valence-electron chi connectivity index (χ2n) is 4.25. The summed E-state index contributed by atoms with van der Waals surface area (Å²) in [6, 6.07) is 9.76. The van der Waals surface area contributed by atoms with E-state index >= 15 is 0 Å². The number of nitrogens with zero attached hydrogens (tertiary/aromatic N) is 3. The van der Waals surface area contributed by atoms with Crippen LogP contribution in [-0.4, -0.2) is 15.0 Å². The first kappa shape index (κ1) is 12.6. The molecule has 0 spiro atoms. The van der Waals surface area contributed by atoms with Crippen LogP contribution in [0, 0.1) is 6.92 Å². The van der Waals surface area contributed by atoms with E-state index < -0.39 is 0 Å². The van der Waals surface area contributed by atoms with Gasteiger partial charge >= 0.3 is 0 Å². The van der Waals surface area contributed by atoms with Crippen molar-refractivity contribution in [2.24, 2.45) is 0 Å². The van der Waals surface area contributed by atoms with Crippen molar-refractivity contribution in [1.82, 2.24) is 15.0 Å². The van der Waals surface area contributed by atoms with Gasteiger partial charge in [0.05, 0.1) is 15.8 Å². The topological polar surface area (TPSA) is 56.7 Å². The Balaban J connectivity index is 2.22. The molecule has 0 unspecified atom stereocenters. The van der Waals surface area contributed by atoms with Gasteiger partial charge in [0, 0.05) is 4.47 Å². The van der Waals surface area contributed by atoms with Gasteiger partial charge in [-0.25, -0.2) is 0 Å². The molecular weight excluding hydrogens is 372 g/mol. The number of hydrogen-bond donors (Lipinski definition) is 1. The molecule has 0 saturated carbocycles. The Hall–Kier alpha value is -1.40. The Labute approximate surface area is 126 Å². The zero-order valence-corrected chi connectivity index (χ0v) is 13.2. The number of hydrogen-bond acceptors (Lipinski definition) is 3. The summed E-state index contributed by atoms with van der Waals surface area (Å²) in [4.78, 5) is 1.61. The third-order valence-electron chi connectivity index (χ3n) is 2.92. The van der Waals surface area contributed by atoms with E-state index in [-0.39, 0.29) is 0 Å². The molecule has 1 aromatic heterocycles. The van der Waals surface area contributed by atoms with Crippen LogP contribution in [0.1, 0.15) is 5.56 Å². The van der Waals surface area contributed by atoms with Gasteiger partial charge in [-0.2, -0.15) is 4.80 Å². The summed E-state index contributed by atoms with van der Waals surface area (Å²) >= 11 is 6.89. The molecule has 4 nitrogen and oxygen atoms in total. The number of rotatable bonds is 1. The van der Waals surface area contributed by atoms with Crippen molar-refractivity contribution in [3.63, 3.8) is 0 Å². The molecule has 0 aliphatic carbocycles. The average molecular weight is 382 g/mol. The van der Waals surface area contributed by atoms with E-state index in [0.717, 1.165) is 31.2 Å². The first-order valence-corrected chi connectivity index (χ1v) is 7.22. The van der Waals surface area contributed by atoms with Crippen LogP contribution in [0.5, 0.6) is 0 Å². The SMILES string of the molecule is Cc1cc2nn(-c3ccc(Br)cc3)nc2c(Br)c1N. The monoisotopic (exact) mass is 380 g/mol. The highest BCUT2D eigenvalue weighted by Gasteiger charge is 2.12. The predicted octanol–water partition coefficient (Wildman–Crippen LogP) is 3.84. The maximum absolute atomic E-state index is 5.99. The average Bonchev–Trinajstić information content (AvgIpc) is 2.81. The summed E-state index contributed by atoms with van der Waals surface area (Å²) in [7, 11) is 0. The van der Waals surface area contributed by atoms with Gasteiger partial charge in [0.2, 0.25) is 0 Å². The van der Waals surface area contributed by atoms with E-state index in [4.69, 9.17) is 5.73 Å². The lowest BCUT2D eigenvalue weighted by Crippen LogP contribution is -1.97.